The summed E-state index contributed by atoms with van der Waals surface area (Å²) in [7, 11) is 0. The molecule has 1 aliphatic rings. The van der Waals surface area contributed by atoms with E-state index in [1.54, 1.807) is 0 Å². The van der Waals surface area contributed by atoms with Crippen LogP contribution in [0.4, 0.5) is 4.39 Å². The molecule has 54 valence electrons. The molecular formula is C6H12FNO. The normalized spacial score (nSPS) is 28.3. The number of nitrogens with one attached hydrogen (secondary N) is 1. The van der Waals surface area contributed by atoms with Crippen LogP contribution in [0.2, 0.25) is 0 Å². The number of rotatable bonds is 2. The van der Waals surface area contributed by atoms with Crippen molar-refractivity contribution < 1.29 is 9.13 Å². The number of hydrogen-bond donors (Lipinski definition) is 1. The minimum absolute atomic E-state index is 0.115. The monoisotopic (exact) mass is 133 g/mol. The van der Waals surface area contributed by atoms with Gasteiger partial charge in [-0.2, -0.15) is 0 Å². The van der Waals surface area contributed by atoms with Gasteiger partial charge in [0.15, 0.2) is 6.86 Å². The van der Waals surface area contributed by atoms with E-state index in [4.69, 9.17) is 4.74 Å². The van der Waals surface area contributed by atoms with Crippen LogP contribution in [0, 0.1) is 0 Å². The highest BCUT2D eigenvalue weighted by atomic mass is 19.1. The summed E-state index contributed by atoms with van der Waals surface area (Å²) < 4.78 is 16.3. The molecule has 0 aromatic rings. The Hall–Kier alpha value is -0.150. The van der Waals surface area contributed by atoms with Crippen molar-refractivity contribution in [1.82, 2.24) is 5.32 Å². The van der Waals surface area contributed by atoms with E-state index in [9.17, 15) is 4.39 Å². The lowest BCUT2D eigenvalue weighted by molar-refractivity contribution is -0.0149. The van der Waals surface area contributed by atoms with Crippen molar-refractivity contribution in [1.29, 1.82) is 0 Å². The summed E-state index contributed by atoms with van der Waals surface area (Å²) in [4.78, 5) is 0. The number of ether oxygens (including phenoxy) is 1. The molecule has 0 spiro atoms. The summed E-state index contributed by atoms with van der Waals surface area (Å²) in [5.74, 6) is 0. The fraction of sp³-hybridized carbons (Fsp3) is 1.00. The highest BCUT2D eigenvalue weighted by molar-refractivity contribution is 4.67. The van der Waals surface area contributed by atoms with E-state index in [0.29, 0.717) is 0 Å². The van der Waals surface area contributed by atoms with Crippen LogP contribution in [-0.4, -0.2) is 26.1 Å². The van der Waals surface area contributed by atoms with Crippen LogP contribution in [0.15, 0.2) is 0 Å². The smallest absolute Gasteiger partial charge is 0.188 e. The van der Waals surface area contributed by atoms with E-state index in [1.165, 1.54) is 0 Å². The van der Waals surface area contributed by atoms with Crippen LogP contribution in [0.3, 0.4) is 0 Å². The highest BCUT2D eigenvalue weighted by Crippen LogP contribution is 2.04. The number of hydrogen-bond acceptors (Lipinski definition) is 2. The molecule has 9 heavy (non-hydrogen) atoms. The van der Waals surface area contributed by atoms with Gasteiger partial charge in [-0.05, 0) is 19.4 Å². The molecule has 3 heteroatoms. The van der Waals surface area contributed by atoms with Gasteiger partial charge >= 0.3 is 0 Å². The van der Waals surface area contributed by atoms with Gasteiger partial charge in [0.1, 0.15) is 0 Å². The van der Waals surface area contributed by atoms with E-state index < -0.39 is 6.86 Å². The summed E-state index contributed by atoms with van der Waals surface area (Å²) >= 11 is 0. The molecule has 0 saturated carbocycles. The van der Waals surface area contributed by atoms with Gasteiger partial charge in [-0.3, -0.25) is 0 Å². The molecule has 0 aromatic heterocycles. The molecule has 0 aromatic carbocycles. The van der Waals surface area contributed by atoms with Gasteiger partial charge in [0.2, 0.25) is 0 Å². The van der Waals surface area contributed by atoms with E-state index in [1.807, 2.05) is 0 Å². The molecule has 1 atom stereocenters. The molecule has 0 aliphatic carbocycles. The van der Waals surface area contributed by atoms with Crippen LogP contribution in [0.25, 0.3) is 0 Å². The maximum absolute atomic E-state index is 11.5. The second-order valence-electron chi connectivity index (χ2n) is 2.24. The maximum atomic E-state index is 11.5. The molecular weight excluding hydrogens is 121 g/mol. The van der Waals surface area contributed by atoms with Crippen LogP contribution in [0.5, 0.6) is 0 Å². The van der Waals surface area contributed by atoms with Gasteiger partial charge in [-0.15, -0.1) is 0 Å². The van der Waals surface area contributed by atoms with Crippen LogP contribution < -0.4 is 5.32 Å². The Labute approximate surface area is 54.4 Å². The lowest BCUT2D eigenvalue weighted by Crippen LogP contribution is -2.35. The second-order valence-corrected chi connectivity index (χ2v) is 2.24. The standard InChI is InChI=1S/C6H12FNO/c7-5-9-6-2-1-3-8-4-6/h6,8H,1-5H2. The second kappa shape index (κ2) is 3.80. The predicted molar refractivity (Wildman–Crippen MR) is 33.0 cm³/mol. The Kier molecular flexibility index (Phi) is 2.94. The number of piperidine rings is 1. The highest BCUT2D eigenvalue weighted by Gasteiger charge is 2.11. The summed E-state index contributed by atoms with van der Waals surface area (Å²) in [5, 5.41) is 3.13. The first-order valence-electron chi connectivity index (χ1n) is 3.32. The lowest BCUT2D eigenvalue weighted by Gasteiger charge is -2.21. The van der Waals surface area contributed by atoms with Crippen molar-refractivity contribution in [2.75, 3.05) is 20.0 Å². The van der Waals surface area contributed by atoms with Crippen LogP contribution in [0.1, 0.15) is 12.8 Å². The van der Waals surface area contributed by atoms with Crippen molar-refractivity contribution >= 4 is 0 Å². The van der Waals surface area contributed by atoms with Crippen LogP contribution in [-0.2, 0) is 4.74 Å². The van der Waals surface area contributed by atoms with Crippen molar-refractivity contribution in [2.24, 2.45) is 0 Å². The van der Waals surface area contributed by atoms with E-state index in [-0.39, 0.29) is 6.10 Å². The summed E-state index contributed by atoms with van der Waals surface area (Å²) in [6.07, 6.45) is 2.21. The summed E-state index contributed by atoms with van der Waals surface area (Å²) in [6, 6.07) is 0. The van der Waals surface area contributed by atoms with Gasteiger partial charge in [0.25, 0.3) is 0 Å². The molecule has 1 heterocycles. The Balaban J connectivity index is 2.08. The first-order chi connectivity index (χ1) is 4.43. The minimum Gasteiger partial charge on any atom is -0.346 e. The number of halogens is 1. The van der Waals surface area contributed by atoms with Crippen LogP contribution >= 0.6 is 0 Å². The third-order valence-electron chi connectivity index (χ3n) is 1.55. The largest absolute Gasteiger partial charge is 0.346 e. The fourth-order valence-corrected chi connectivity index (χ4v) is 1.05. The third-order valence-corrected chi connectivity index (χ3v) is 1.55. The molecule has 2 nitrogen and oxygen atoms in total. The van der Waals surface area contributed by atoms with Gasteiger partial charge in [-0.25, -0.2) is 4.39 Å². The van der Waals surface area contributed by atoms with Crippen molar-refractivity contribution in [3.05, 3.63) is 0 Å². The third kappa shape index (κ3) is 2.28. The predicted octanol–water partition coefficient (Wildman–Crippen LogP) is 0.682. The first kappa shape index (κ1) is 6.96. The Morgan fingerprint density at radius 2 is 2.56 bits per heavy atom. The molecule has 1 unspecified atom stereocenters. The van der Waals surface area contributed by atoms with Gasteiger partial charge in [-0.1, -0.05) is 0 Å². The molecule has 0 radical (unpaired) electrons. The zero-order valence-electron chi connectivity index (χ0n) is 5.40. The van der Waals surface area contributed by atoms with E-state index in [0.717, 1.165) is 25.9 Å². The van der Waals surface area contributed by atoms with Crippen molar-refractivity contribution in [3.8, 4) is 0 Å². The zero-order valence-corrected chi connectivity index (χ0v) is 5.40. The summed E-state index contributed by atoms with van der Waals surface area (Å²) in [5.41, 5.74) is 0. The SMILES string of the molecule is FCOC1CCCNC1. The summed E-state index contributed by atoms with van der Waals surface area (Å²) in [6.45, 7) is 1.21. The molecule has 1 fully saturated rings. The fourth-order valence-electron chi connectivity index (χ4n) is 1.05. The van der Waals surface area contributed by atoms with Gasteiger partial charge in [0, 0.05) is 6.54 Å². The molecule has 1 saturated heterocycles. The van der Waals surface area contributed by atoms with Crippen molar-refractivity contribution in [3.63, 3.8) is 0 Å². The Bertz CT molecular complexity index is 70.7. The zero-order chi connectivity index (χ0) is 6.53. The lowest BCUT2D eigenvalue weighted by atomic mass is 10.1. The Morgan fingerprint density at radius 3 is 3.11 bits per heavy atom. The molecule has 1 aliphatic heterocycles. The topological polar surface area (TPSA) is 21.3 Å². The average molecular weight is 133 g/mol. The molecule has 1 rings (SSSR count). The Morgan fingerprint density at radius 1 is 1.67 bits per heavy atom. The number of alkyl halides is 1. The van der Waals surface area contributed by atoms with Gasteiger partial charge < -0.3 is 10.1 Å². The average Bonchev–Trinajstić information content (AvgIpc) is 1.91. The molecule has 1 N–H and O–H groups in total. The first-order valence-corrected chi connectivity index (χ1v) is 3.32. The van der Waals surface area contributed by atoms with Gasteiger partial charge in [0.05, 0.1) is 6.10 Å². The van der Waals surface area contributed by atoms with E-state index >= 15 is 0 Å². The maximum Gasteiger partial charge on any atom is 0.188 e. The molecule has 0 bridgehead atoms. The molecule has 0 amide bonds. The van der Waals surface area contributed by atoms with E-state index in [2.05, 4.69) is 5.32 Å². The van der Waals surface area contributed by atoms with Crippen molar-refractivity contribution in [2.45, 2.75) is 18.9 Å². The minimum atomic E-state index is -0.646. The quantitative estimate of drug-likeness (QED) is 0.598.